The van der Waals surface area contributed by atoms with Crippen LogP contribution in [-0.4, -0.2) is 5.78 Å². The van der Waals surface area contributed by atoms with Gasteiger partial charge in [-0.15, -0.1) is 0 Å². The molecule has 0 aliphatic rings. The van der Waals surface area contributed by atoms with Crippen molar-refractivity contribution in [3.05, 3.63) is 35.9 Å². The molecule has 1 rings (SSSR count). The van der Waals surface area contributed by atoms with Crippen molar-refractivity contribution in [3.8, 4) is 0 Å². The maximum atomic E-state index is 11.0. The van der Waals surface area contributed by atoms with E-state index in [4.69, 9.17) is 0 Å². The third-order valence-electron chi connectivity index (χ3n) is 2.30. The lowest BCUT2D eigenvalue weighted by Gasteiger charge is -2.12. The Labute approximate surface area is 79.8 Å². The molecule has 0 saturated heterocycles. The molecule has 1 heteroatoms. The summed E-state index contributed by atoms with van der Waals surface area (Å²) >= 11 is 0. The molecule has 1 unspecified atom stereocenters. The number of Topliss-reactive ketones (excluding diaryl/α,β-unsaturated/α-hetero) is 1. The highest BCUT2D eigenvalue weighted by Crippen LogP contribution is 2.22. The second-order valence-electron chi connectivity index (χ2n) is 3.42. The zero-order valence-electron chi connectivity index (χ0n) is 8.29. The molecule has 0 N–H and O–H groups in total. The van der Waals surface area contributed by atoms with Gasteiger partial charge in [0.05, 0.1) is 0 Å². The van der Waals surface area contributed by atoms with Crippen molar-refractivity contribution < 1.29 is 4.79 Å². The molecule has 0 radical (unpaired) electrons. The first-order chi connectivity index (χ1) is 6.24. The Kier molecular flexibility index (Phi) is 3.69. The van der Waals surface area contributed by atoms with Crippen molar-refractivity contribution in [2.24, 2.45) is 0 Å². The van der Waals surface area contributed by atoms with E-state index in [1.807, 2.05) is 18.2 Å². The lowest BCUT2D eigenvalue weighted by molar-refractivity contribution is -0.117. The average Bonchev–Trinajstić information content (AvgIpc) is 2.15. The van der Waals surface area contributed by atoms with Crippen LogP contribution in [0.4, 0.5) is 0 Å². The maximum Gasteiger partial charge on any atom is 0.130 e. The molecule has 0 amide bonds. The first kappa shape index (κ1) is 9.97. The lowest BCUT2D eigenvalue weighted by atomic mass is 9.92. The van der Waals surface area contributed by atoms with Crippen molar-refractivity contribution >= 4 is 5.78 Å². The van der Waals surface area contributed by atoms with Crippen LogP contribution < -0.4 is 0 Å². The van der Waals surface area contributed by atoms with Crippen molar-refractivity contribution in [1.82, 2.24) is 0 Å². The summed E-state index contributed by atoms with van der Waals surface area (Å²) in [5.74, 6) is 0.675. The van der Waals surface area contributed by atoms with Gasteiger partial charge in [0.2, 0.25) is 0 Å². The minimum absolute atomic E-state index is 0.274. The number of carbonyl (C=O) groups is 1. The molecule has 1 aromatic rings. The van der Waals surface area contributed by atoms with Crippen LogP contribution in [0.3, 0.4) is 0 Å². The summed E-state index contributed by atoms with van der Waals surface area (Å²) < 4.78 is 0. The van der Waals surface area contributed by atoms with Gasteiger partial charge in [-0.05, 0) is 24.8 Å². The van der Waals surface area contributed by atoms with E-state index in [1.165, 1.54) is 5.56 Å². The van der Waals surface area contributed by atoms with E-state index >= 15 is 0 Å². The van der Waals surface area contributed by atoms with Crippen LogP contribution in [0.25, 0.3) is 0 Å². The van der Waals surface area contributed by atoms with Crippen LogP contribution in [0, 0.1) is 0 Å². The number of hydrogen-bond donors (Lipinski definition) is 0. The van der Waals surface area contributed by atoms with Gasteiger partial charge in [0.15, 0.2) is 0 Å². The fourth-order valence-corrected chi connectivity index (χ4v) is 1.57. The lowest BCUT2D eigenvalue weighted by Crippen LogP contribution is -2.02. The molecule has 1 atom stereocenters. The quantitative estimate of drug-likeness (QED) is 0.688. The summed E-state index contributed by atoms with van der Waals surface area (Å²) in [6.07, 6.45) is 1.70. The summed E-state index contributed by atoms with van der Waals surface area (Å²) in [5.41, 5.74) is 1.28. The average molecular weight is 176 g/mol. The van der Waals surface area contributed by atoms with Gasteiger partial charge in [-0.25, -0.2) is 0 Å². The highest BCUT2D eigenvalue weighted by molar-refractivity contribution is 5.76. The fraction of sp³-hybridized carbons (Fsp3) is 0.417. The van der Waals surface area contributed by atoms with Crippen molar-refractivity contribution in [3.63, 3.8) is 0 Å². The van der Waals surface area contributed by atoms with E-state index in [0.29, 0.717) is 12.3 Å². The Bertz CT molecular complexity index is 264. The predicted molar refractivity (Wildman–Crippen MR) is 54.8 cm³/mol. The number of hydrogen-bond acceptors (Lipinski definition) is 1. The third-order valence-corrected chi connectivity index (χ3v) is 2.30. The summed E-state index contributed by atoms with van der Waals surface area (Å²) in [7, 11) is 0. The Hall–Kier alpha value is -1.11. The molecule has 0 aliphatic heterocycles. The molecule has 0 fully saturated rings. The fourth-order valence-electron chi connectivity index (χ4n) is 1.57. The highest BCUT2D eigenvalue weighted by Gasteiger charge is 2.10. The first-order valence-electron chi connectivity index (χ1n) is 4.78. The van der Waals surface area contributed by atoms with Crippen molar-refractivity contribution in [1.29, 1.82) is 0 Å². The van der Waals surface area contributed by atoms with Gasteiger partial charge in [-0.2, -0.15) is 0 Å². The van der Waals surface area contributed by atoms with Gasteiger partial charge < -0.3 is 4.79 Å². The SMILES string of the molecule is CCC(CC(C)=O)c1ccccc1. The smallest absolute Gasteiger partial charge is 0.130 e. The zero-order chi connectivity index (χ0) is 9.68. The predicted octanol–water partition coefficient (Wildman–Crippen LogP) is 3.16. The molecule has 0 aromatic heterocycles. The normalized spacial score (nSPS) is 12.5. The Balaban J connectivity index is 2.73. The van der Waals surface area contributed by atoms with Crippen molar-refractivity contribution in [2.75, 3.05) is 0 Å². The topological polar surface area (TPSA) is 17.1 Å². The zero-order valence-corrected chi connectivity index (χ0v) is 8.29. The van der Waals surface area contributed by atoms with Crippen LogP contribution in [0.2, 0.25) is 0 Å². The molecule has 0 heterocycles. The molecule has 0 saturated carbocycles. The number of ketones is 1. The van der Waals surface area contributed by atoms with Crippen molar-refractivity contribution in [2.45, 2.75) is 32.6 Å². The maximum absolute atomic E-state index is 11.0. The van der Waals surface area contributed by atoms with Gasteiger partial charge in [0.1, 0.15) is 5.78 Å². The molecule has 13 heavy (non-hydrogen) atoms. The molecular weight excluding hydrogens is 160 g/mol. The van der Waals surface area contributed by atoms with Crippen LogP contribution in [0.5, 0.6) is 0 Å². The molecular formula is C12H16O. The standard InChI is InChI=1S/C12H16O/c1-3-11(9-10(2)13)12-7-5-4-6-8-12/h4-8,11H,3,9H2,1-2H3. The molecule has 0 spiro atoms. The monoisotopic (exact) mass is 176 g/mol. The van der Waals surface area contributed by atoms with Gasteiger partial charge in [0.25, 0.3) is 0 Å². The van der Waals surface area contributed by atoms with Crippen LogP contribution in [-0.2, 0) is 4.79 Å². The van der Waals surface area contributed by atoms with E-state index in [1.54, 1.807) is 6.92 Å². The highest BCUT2D eigenvalue weighted by atomic mass is 16.1. The molecule has 0 aliphatic carbocycles. The summed E-state index contributed by atoms with van der Waals surface area (Å²) in [6.45, 7) is 3.78. The van der Waals surface area contributed by atoms with E-state index in [2.05, 4.69) is 19.1 Å². The second kappa shape index (κ2) is 4.80. The van der Waals surface area contributed by atoms with E-state index in [-0.39, 0.29) is 5.78 Å². The van der Waals surface area contributed by atoms with Gasteiger partial charge in [-0.3, -0.25) is 0 Å². The number of rotatable bonds is 4. The van der Waals surface area contributed by atoms with Gasteiger partial charge in [-0.1, -0.05) is 37.3 Å². The minimum Gasteiger partial charge on any atom is -0.300 e. The van der Waals surface area contributed by atoms with E-state index < -0.39 is 0 Å². The Morgan fingerprint density at radius 3 is 2.38 bits per heavy atom. The van der Waals surface area contributed by atoms with Gasteiger partial charge >= 0.3 is 0 Å². The summed E-state index contributed by atoms with van der Waals surface area (Å²) in [6, 6.07) is 10.2. The molecule has 70 valence electrons. The van der Waals surface area contributed by atoms with Crippen LogP contribution in [0.15, 0.2) is 30.3 Å². The molecule has 0 bridgehead atoms. The molecule has 1 aromatic carbocycles. The number of benzene rings is 1. The van der Waals surface area contributed by atoms with Crippen LogP contribution in [0.1, 0.15) is 38.2 Å². The molecule has 1 nitrogen and oxygen atoms in total. The first-order valence-corrected chi connectivity index (χ1v) is 4.78. The second-order valence-corrected chi connectivity index (χ2v) is 3.42. The Morgan fingerprint density at radius 1 is 1.31 bits per heavy atom. The minimum atomic E-state index is 0.274. The third kappa shape index (κ3) is 3.02. The van der Waals surface area contributed by atoms with E-state index in [0.717, 1.165) is 6.42 Å². The number of carbonyl (C=O) groups excluding carboxylic acids is 1. The summed E-state index contributed by atoms with van der Waals surface area (Å²) in [4.78, 5) is 11.0. The van der Waals surface area contributed by atoms with E-state index in [9.17, 15) is 4.79 Å². The van der Waals surface area contributed by atoms with Crippen LogP contribution >= 0.6 is 0 Å². The summed E-state index contributed by atoms with van der Waals surface area (Å²) in [5, 5.41) is 0. The Morgan fingerprint density at radius 2 is 1.92 bits per heavy atom. The largest absolute Gasteiger partial charge is 0.300 e. The van der Waals surface area contributed by atoms with Gasteiger partial charge in [0, 0.05) is 6.42 Å².